The van der Waals surface area contributed by atoms with Gasteiger partial charge in [0.15, 0.2) is 0 Å². The largest absolute Gasteiger partial charge is 0.462 e. The second kappa shape index (κ2) is 5.19. The number of thiophene rings is 1. The van der Waals surface area contributed by atoms with Gasteiger partial charge in [0.2, 0.25) is 0 Å². The highest BCUT2D eigenvalue weighted by atomic mass is 32.1. The van der Waals surface area contributed by atoms with Crippen LogP contribution in [0.2, 0.25) is 0 Å². The highest BCUT2D eigenvalue weighted by Gasteiger charge is 2.11. The lowest BCUT2D eigenvalue weighted by Crippen LogP contribution is -2.03. The number of hydrogen-bond donors (Lipinski definition) is 1. The Morgan fingerprint density at radius 2 is 2.24 bits per heavy atom. The van der Waals surface area contributed by atoms with Gasteiger partial charge in [-0.1, -0.05) is 13.3 Å². The summed E-state index contributed by atoms with van der Waals surface area (Å²) in [5.74, 6) is -0.238. The molecule has 1 aromatic heterocycles. The van der Waals surface area contributed by atoms with E-state index in [4.69, 9.17) is 10.5 Å². The molecule has 0 saturated carbocycles. The van der Waals surface area contributed by atoms with E-state index in [1.54, 1.807) is 0 Å². The molecule has 0 aliphatic carbocycles. The molecular weight excluding hydrogens is 234 g/mol. The number of benzene rings is 1. The summed E-state index contributed by atoms with van der Waals surface area (Å²) < 4.78 is 6.23. The van der Waals surface area contributed by atoms with Gasteiger partial charge in [-0.05, 0) is 36.1 Å². The fourth-order valence-corrected chi connectivity index (χ4v) is 2.48. The first-order valence-corrected chi connectivity index (χ1v) is 6.48. The van der Waals surface area contributed by atoms with Crippen molar-refractivity contribution in [2.75, 3.05) is 12.3 Å². The van der Waals surface area contributed by atoms with E-state index >= 15 is 0 Å². The van der Waals surface area contributed by atoms with Gasteiger partial charge in [0, 0.05) is 10.4 Å². The Bertz CT molecular complexity index is 533. The molecule has 17 heavy (non-hydrogen) atoms. The highest BCUT2D eigenvalue weighted by molar-refractivity contribution is 7.20. The van der Waals surface area contributed by atoms with E-state index in [1.807, 2.05) is 24.3 Å². The lowest BCUT2D eigenvalue weighted by molar-refractivity contribution is 0.0505. The molecule has 0 spiro atoms. The predicted molar refractivity (Wildman–Crippen MR) is 71.4 cm³/mol. The average molecular weight is 249 g/mol. The molecule has 0 aliphatic rings. The van der Waals surface area contributed by atoms with Gasteiger partial charge in [0.05, 0.1) is 6.61 Å². The summed E-state index contributed by atoms with van der Waals surface area (Å²) in [5, 5.41) is 0.998. The molecular formula is C13H15NO2S. The van der Waals surface area contributed by atoms with Gasteiger partial charge in [0.25, 0.3) is 0 Å². The van der Waals surface area contributed by atoms with E-state index in [0.717, 1.165) is 22.9 Å². The molecule has 4 heteroatoms. The van der Waals surface area contributed by atoms with Gasteiger partial charge < -0.3 is 10.5 Å². The van der Waals surface area contributed by atoms with E-state index in [-0.39, 0.29) is 5.97 Å². The molecule has 1 aromatic carbocycles. The Hall–Kier alpha value is -1.55. The number of nitrogen functional groups attached to an aromatic ring is 1. The van der Waals surface area contributed by atoms with Gasteiger partial charge in [0.1, 0.15) is 4.88 Å². The van der Waals surface area contributed by atoms with Crippen LogP contribution in [0.1, 0.15) is 29.4 Å². The third-order valence-electron chi connectivity index (χ3n) is 2.47. The molecule has 1 heterocycles. The minimum absolute atomic E-state index is 0.238. The number of nitrogens with two attached hydrogens (primary N) is 1. The molecule has 0 bridgehead atoms. The van der Waals surface area contributed by atoms with Crippen LogP contribution >= 0.6 is 11.3 Å². The van der Waals surface area contributed by atoms with E-state index in [9.17, 15) is 4.79 Å². The van der Waals surface area contributed by atoms with Crippen molar-refractivity contribution >= 4 is 33.1 Å². The molecule has 2 rings (SSSR count). The second-order valence-electron chi connectivity index (χ2n) is 3.90. The smallest absolute Gasteiger partial charge is 0.348 e. The van der Waals surface area contributed by atoms with Crippen molar-refractivity contribution in [3.8, 4) is 0 Å². The van der Waals surface area contributed by atoms with Crippen LogP contribution in [0.3, 0.4) is 0 Å². The topological polar surface area (TPSA) is 52.3 Å². The minimum Gasteiger partial charge on any atom is -0.462 e. The summed E-state index contributed by atoms with van der Waals surface area (Å²) in [6.07, 6.45) is 1.93. The first kappa shape index (κ1) is 11.9. The molecule has 2 aromatic rings. The van der Waals surface area contributed by atoms with Crippen molar-refractivity contribution in [3.63, 3.8) is 0 Å². The predicted octanol–water partition coefficient (Wildman–Crippen LogP) is 3.44. The van der Waals surface area contributed by atoms with Gasteiger partial charge in [-0.15, -0.1) is 11.3 Å². The fraction of sp³-hybridized carbons (Fsp3) is 0.308. The van der Waals surface area contributed by atoms with E-state index in [1.165, 1.54) is 11.3 Å². The Balaban J connectivity index is 2.15. The number of ether oxygens (including phenoxy) is 1. The van der Waals surface area contributed by atoms with E-state index < -0.39 is 0 Å². The fourth-order valence-electron chi connectivity index (χ4n) is 1.54. The molecule has 0 amide bonds. The van der Waals surface area contributed by atoms with Crippen LogP contribution in [0.4, 0.5) is 5.69 Å². The maximum Gasteiger partial charge on any atom is 0.348 e. The molecule has 3 nitrogen and oxygen atoms in total. The number of hydrogen-bond acceptors (Lipinski definition) is 4. The summed E-state index contributed by atoms with van der Waals surface area (Å²) in [4.78, 5) is 12.4. The van der Waals surface area contributed by atoms with Crippen molar-refractivity contribution in [1.29, 1.82) is 0 Å². The quantitative estimate of drug-likeness (QED) is 0.513. The second-order valence-corrected chi connectivity index (χ2v) is 4.98. The summed E-state index contributed by atoms with van der Waals surface area (Å²) >= 11 is 1.44. The number of fused-ring (bicyclic) bond motifs is 1. The normalized spacial score (nSPS) is 10.6. The summed E-state index contributed by atoms with van der Waals surface area (Å²) in [6, 6.07) is 7.47. The van der Waals surface area contributed by atoms with Crippen LogP contribution < -0.4 is 5.73 Å². The number of carbonyl (C=O) groups excluding carboxylic acids is 1. The van der Waals surface area contributed by atoms with Crippen molar-refractivity contribution in [3.05, 3.63) is 29.1 Å². The average Bonchev–Trinajstić information content (AvgIpc) is 2.72. The number of unbranched alkanes of at least 4 members (excludes halogenated alkanes) is 1. The van der Waals surface area contributed by atoms with Crippen LogP contribution in [0.15, 0.2) is 24.3 Å². The maximum atomic E-state index is 11.7. The third kappa shape index (κ3) is 2.77. The van der Waals surface area contributed by atoms with Crippen molar-refractivity contribution < 1.29 is 9.53 Å². The Morgan fingerprint density at radius 3 is 3.00 bits per heavy atom. The number of carbonyl (C=O) groups is 1. The molecule has 0 radical (unpaired) electrons. The lowest BCUT2D eigenvalue weighted by atomic mass is 10.2. The van der Waals surface area contributed by atoms with Gasteiger partial charge in [-0.25, -0.2) is 4.79 Å². The van der Waals surface area contributed by atoms with Crippen LogP contribution in [-0.2, 0) is 4.74 Å². The highest BCUT2D eigenvalue weighted by Crippen LogP contribution is 2.27. The zero-order valence-electron chi connectivity index (χ0n) is 9.73. The lowest BCUT2D eigenvalue weighted by Gasteiger charge is -2.00. The van der Waals surface area contributed by atoms with Gasteiger partial charge in [-0.3, -0.25) is 0 Å². The summed E-state index contributed by atoms with van der Waals surface area (Å²) in [6.45, 7) is 2.56. The Morgan fingerprint density at radius 1 is 1.41 bits per heavy atom. The van der Waals surface area contributed by atoms with Crippen LogP contribution in [0, 0.1) is 0 Å². The maximum absolute atomic E-state index is 11.7. The molecule has 0 fully saturated rings. The standard InChI is InChI=1S/C13H15NO2S/c1-2-3-6-16-13(15)12-8-9-7-10(14)4-5-11(9)17-12/h4-5,7-8H,2-3,6,14H2,1H3. The summed E-state index contributed by atoms with van der Waals surface area (Å²) in [7, 11) is 0. The first-order valence-electron chi connectivity index (χ1n) is 5.67. The first-order chi connectivity index (χ1) is 8.20. The van der Waals surface area contributed by atoms with Crippen LogP contribution in [-0.4, -0.2) is 12.6 Å². The van der Waals surface area contributed by atoms with Crippen molar-refractivity contribution in [2.45, 2.75) is 19.8 Å². The van der Waals surface area contributed by atoms with Crippen LogP contribution in [0.25, 0.3) is 10.1 Å². The third-order valence-corrected chi connectivity index (χ3v) is 3.57. The Labute approximate surface area is 104 Å². The molecule has 0 unspecified atom stereocenters. The van der Waals surface area contributed by atoms with Gasteiger partial charge >= 0.3 is 5.97 Å². The number of esters is 1. The monoisotopic (exact) mass is 249 g/mol. The summed E-state index contributed by atoms with van der Waals surface area (Å²) in [5.41, 5.74) is 6.41. The molecule has 0 aliphatic heterocycles. The molecule has 0 atom stereocenters. The number of rotatable bonds is 4. The van der Waals surface area contributed by atoms with Crippen molar-refractivity contribution in [1.82, 2.24) is 0 Å². The zero-order chi connectivity index (χ0) is 12.3. The van der Waals surface area contributed by atoms with Crippen LogP contribution in [0.5, 0.6) is 0 Å². The SMILES string of the molecule is CCCCOC(=O)c1cc2cc(N)ccc2s1. The van der Waals surface area contributed by atoms with E-state index in [0.29, 0.717) is 17.2 Å². The number of anilines is 1. The molecule has 90 valence electrons. The molecule has 0 saturated heterocycles. The van der Waals surface area contributed by atoms with E-state index in [2.05, 4.69) is 6.92 Å². The van der Waals surface area contributed by atoms with Crippen molar-refractivity contribution in [2.24, 2.45) is 0 Å². The molecule has 2 N–H and O–H groups in total. The van der Waals surface area contributed by atoms with Gasteiger partial charge in [-0.2, -0.15) is 0 Å². The Kier molecular flexibility index (Phi) is 3.64. The minimum atomic E-state index is -0.238. The zero-order valence-corrected chi connectivity index (χ0v) is 10.5.